The number of ether oxygens (including phenoxy) is 1. The van der Waals surface area contributed by atoms with Crippen LogP contribution < -0.4 is 10.1 Å². The van der Waals surface area contributed by atoms with Crippen LogP contribution in [-0.2, 0) is 0 Å². The van der Waals surface area contributed by atoms with Crippen molar-refractivity contribution in [1.82, 2.24) is 14.9 Å². The molecule has 16 heavy (non-hydrogen) atoms. The van der Waals surface area contributed by atoms with Gasteiger partial charge in [-0.25, -0.2) is 9.97 Å². The summed E-state index contributed by atoms with van der Waals surface area (Å²) in [6, 6.07) is 0.245. The molecule has 0 aliphatic carbocycles. The Morgan fingerprint density at radius 2 is 2.19 bits per heavy atom. The fourth-order valence-electron chi connectivity index (χ4n) is 1.46. The fraction of sp³-hybridized carbons (Fsp3) is 0.600. The third kappa shape index (κ3) is 3.50. The van der Waals surface area contributed by atoms with Gasteiger partial charge < -0.3 is 15.0 Å². The summed E-state index contributed by atoms with van der Waals surface area (Å²) < 4.78 is 5.15. The van der Waals surface area contributed by atoms with Gasteiger partial charge in [-0.1, -0.05) is 11.6 Å². The number of anilines is 1. The lowest BCUT2D eigenvalue weighted by Crippen LogP contribution is -2.30. The summed E-state index contributed by atoms with van der Waals surface area (Å²) in [4.78, 5) is 10.1. The second kappa shape index (κ2) is 5.86. The first-order valence-electron chi connectivity index (χ1n) is 5.00. The van der Waals surface area contributed by atoms with E-state index in [0.29, 0.717) is 16.7 Å². The molecule has 1 heterocycles. The molecular weight excluding hydrogens is 228 g/mol. The van der Waals surface area contributed by atoms with Crippen molar-refractivity contribution in [2.45, 2.75) is 13.0 Å². The quantitative estimate of drug-likeness (QED) is 0.796. The minimum atomic E-state index is 0.245. The first-order chi connectivity index (χ1) is 7.54. The molecule has 0 aromatic carbocycles. The van der Waals surface area contributed by atoms with Crippen LogP contribution in [0.25, 0.3) is 0 Å². The summed E-state index contributed by atoms with van der Waals surface area (Å²) >= 11 is 5.89. The molecule has 1 rings (SSSR count). The first kappa shape index (κ1) is 13.0. The van der Waals surface area contributed by atoms with E-state index in [1.54, 1.807) is 7.11 Å². The molecule has 0 aliphatic rings. The lowest BCUT2D eigenvalue weighted by Gasteiger charge is -2.19. The summed E-state index contributed by atoms with van der Waals surface area (Å²) in [5.74, 6) is 1.10. The van der Waals surface area contributed by atoms with Gasteiger partial charge in [0.15, 0.2) is 16.7 Å². The Morgan fingerprint density at radius 1 is 1.50 bits per heavy atom. The maximum absolute atomic E-state index is 5.89. The predicted octanol–water partition coefficient (Wildman–Crippen LogP) is 1.50. The lowest BCUT2D eigenvalue weighted by atomic mass is 10.3. The molecule has 0 saturated carbocycles. The van der Waals surface area contributed by atoms with Gasteiger partial charge in [0.1, 0.15) is 6.33 Å². The highest BCUT2D eigenvalue weighted by Crippen LogP contribution is 2.28. The van der Waals surface area contributed by atoms with E-state index in [2.05, 4.69) is 27.1 Å². The summed E-state index contributed by atoms with van der Waals surface area (Å²) in [7, 11) is 5.58. The lowest BCUT2D eigenvalue weighted by molar-refractivity contribution is 0.388. The average molecular weight is 245 g/mol. The van der Waals surface area contributed by atoms with Gasteiger partial charge in [0.2, 0.25) is 0 Å². The fourth-order valence-corrected chi connectivity index (χ4v) is 1.67. The minimum Gasteiger partial charge on any atom is -0.490 e. The van der Waals surface area contributed by atoms with Gasteiger partial charge in [-0.2, -0.15) is 0 Å². The molecule has 0 aliphatic heterocycles. The normalized spacial score (nSPS) is 12.6. The second-order valence-electron chi connectivity index (χ2n) is 3.85. The van der Waals surface area contributed by atoms with Crippen LogP contribution >= 0.6 is 11.6 Å². The monoisotopic (exact) mass is 244 g/mol. The molecule has 1 N–H and O–H groups in total. The number of rotatable bonds is 5. The van der Waals surface area contributed by atoms with Gasteiger partial charge in [-0.15, -0.1) is 0 Å². The van der Waals surface area contributed by atoms with E-state index >= 15 is 0 Å². The highest BCUT2D eigenvalue weighted by Gasteiger charge is 2.12. The molecule has 6 heteroatoms. The van der Waals surface area contributed by atoms with Crippen molar-refractivity contribution in [1.29, 1.82) is 0 Å². The SMILES string of the molecule is COc1c(Cl)ncnc1NC(C)CN(C)C. The van der Waals surface area contributed by atoms with Crippen LogP contribution in [0.15, 0.2) is 6.33 Å². The third-order valence-corrected chi connectivity index (χ3v) is 2.26. The van der Waals surface area contributed by atoms with Gasteiger partial charge >= 0.3 is 0 Å². The molecule has 0 spiro atoms. The zero-order valence-electron chi connectivity index (χ0n) is 9.99. The van der Waals surface area contributed by atoms with Crippen LogP contribution in [0.1, 0.15) is 6.92 Å². The summed E-state index contributed by atoms with van der Waals surface area (Å²) in [6.45, 7) is 2.96. The van der Waals surface area contributed by atoms with E-state index in [1.807, 2.05) is 14.1 Å². The molecule has 0 amide bonds. The van der Waals surface area contributed by atoms with Crippen LogP contribution in [0.3, 0.4) is 0 Å². The van der Waals surface area contributed by atoms with Crippen molar-refractivity contribution in [3.63, 3.8) is 0 Å². The molecule has 0 fully saturated rings. The predicted molar refractivity (Wildman–Crippen MR) is 65.2 cm³/mol. The van der Waals surface area contributed by atoms with E-state index < -0.39 is 0 Å². The van der Waals surface area contributed by atoms with E-state index in [9.17, 15) is 0 Å². The minimum absolute atomic E-state index is 0.245. The molecule has 0 bridgehead atoms. The molecule has 0 radical (unpaired) electrons. The van der Waals surface area contributed by atoms with Gasteiger partial charge in [0.25, 0.3) is 0 Å². The maximum atomic E-state index is 5.89. The van der Waals surface area contributed by atoms with Crippen molar-refractivity contribution >= 4 is 17.4 Å². The first-order valence-corrected chi connectivity index (χ1v) is 5.38. The zero-order valence-corrected chi connectivity index (χ0v) is 10.7. The van der Waals surface area contributed by atoms with Crippen LogP contribution in [0, 0.1) is 0 Å². The summed E-state index contributed by atoms with van der Waals surface area (Å²) in [6.07, 6.45) is 1.41. The van der Waals surface area contributed by atoms with Crippen molar-refractivity contribution in [3.05, 3.63) is 11.5 Å². The number of hydrogen-bond acceptors (Lipinski definition) is 5. The van der Waals surface area contributed by atoms with Gasteiger partial charge in [0.05, 0.1) is 7.11 Å². The van der Waals surface area contributed by atoms with Crippen molar-refractivity contribution in [2.24, 2.45) is 0 Å². The number of hydrogen-bond donors (Lipinski definition) is 1. The third-order valence-electron chi connectivity index (χ3n) is 1.99. The molecule has 1 atom stereocenters. The standard InChI is InChI=1S/C10H17ClN4O/c1-7(5-15(2)3)14-10-8(16-4)9(11)12-6-13-10/h6-7H,5H2,1-4H3,(H,12,13,14). The van der Waals surface area contributed by atoms with Crippen molar-refractivity contribution in [2.75, 3.05) is 33.1 Å². The number of halogens is 1. The summed E-state index contributed by atoms with van der Waals surface area (Å²) in [5.41, 5.74) is 0. The Bertz CT molecular complexity index is 346. The largest absolute Gasteiger partial charge is 0.490 e. The Hall–Kier alpha value is -1.07. The number of nitrogens with one attached hydrogen (secondary N) is 1. The van der Waals surface area contributed by atoms with Crippen LogP contribution in [0.4, 0.5) is 5.82 Å². The molecule has 1 aromatic rings. The number of nitrogens with zero attached hydrogens (tertiary/aromatic N) is 3. The molecular formula is C10H17ClN4O. The van der Waals surface area contributed by atoms with E-state index in [1.165, 1.54) is 6.33 Å². The highest BCUT2D eigenvalue weighted by molar-refractivity contribution is 6.31. The van der Waals surface area contributed by atoms with Crippen molar-refractivity contribution in [3.8, 4) is 5.75 Å². The number of methoxy groups -OCH3 is 1. The number of aromatic nitrogens is 2. The van der Waals surface area contributed by atoms with E-state index in [4.69, 9.17) is 16.3 Å². The van der Waals surface area contributed by atoms with Crippen LogP contribution in [0.2, 0.25) is 5.15 Å². The summed E-state index contributed by atoms with van der Waals surface area (Å²) in [5, 5.41) is 3.55. The molecule has 1 aromatic heterocycles. The Balaban J connectivity index is 2.76. The van der Waals surface area contributed by atoms with Crippen LogP contribution in [0.5, 0.6) is 5.75 Å². The average Bonchev–Trinajstić information content (AvgIpc) is 2.16. The molecule has 5 nitrogen and oxygen atoms in total. The van der Waals surface area contributed by atoms with E-state index in [-0.39, 0.29) is 6.04 Å². The second-order valence-corrected chi connectivity index (χ2v) is 4.21. The Morgan fingerprint density at radius 3 is 2.75 bits per heavy atom. The maximum Gasteiger partial charge on any atom is 0.198 e. The Kier molecular flexibility index (Phi) is 4.76. The number of likely N-dealkylation sites (N-methyl/N-ethyl adjacent to an activating group) is 1. The molecule has 0 saturated heterocycles. The topological polar surface area (TPSA) is 50.3 Å². The Labute approximate surface area is 101 Å². The molecule has 1 unspecified atom stereocenters. The van der Waals surface area contributed by atoms with Gasteiger partial charge in [-0.3, -0.25) is 0 Å². The highest BCUT2D eigenvalue weighted by atomic mass is 35.5. The van der Waals surface area contributed by atoms with Gasteiger partial charge in [0, 0.05) is 12.6 Å². The van der Waals surface area contributed by atoms with Crippen molar-refractivity contribution < 1.29 is 4.74 Å². The van der Waals surface area contributed by atoms with Crippen LogP contribution in [-0.4, -0.2) is 48.7 Å². The van der Waals surface area contributed by atoms with E-state index in [0.717, 1.165) is 6.54 Å². The molecule has 90 valence electrons. The van der Waals surface area contributed by atoms with Gasteiger partial charge in [-0.05, 0) is 21.0 Å². The smallest absolute Gasteiger partial charge is 0.198 e. The zero-order chi connectivity index (χ0) is 12.1.